The first-order valence-electron chi connectivity index (χ1n) is 5.08. The van der Waals surface area contributed by atoms with Crippen LogP contribution in [0, 0.1) is 12.7 Å². The second-order valence-corrected chi connectivity index (χ2v) is 4.24. The molecule has 0 bridgehead atoms. The smallest absolute Gasteiger partial charge is 0.126 e. The number of aliphatic hydroxyl groups is 1. The Balaban J connectivity index is 2.50. The minimum absolute atomic E-state index is 0.0614. The fourth-order valence-corrected chi connectivity index (χ4v) is 1.90. The van der Waals surface area contributed by atoms with Crippen LogP contribution in [0.1, 0.15) is 24.0 Å². The summed E-state index contributed by atoms with van der Waals surface area (Å²) in [5.41, 5.74) is 1.12. The lowest BCUT2D eigenvalue weighted by Crippen LogP contribution is -2.14. The first kappa shape index (κ1) is 10.4. The van der Waals surface area contributed by atoms with E-state index in [1.807, 2.05) is 0 Å². The van der Waals surface area contributed by atoms with Gasteiger partial charge in [0.15, 0.2) is 0 Å². The maximum atomic E-state index is 13.5. The van der Waals surface area contributed by atoms with E-state index in [0.717, 1.165) is 18.4 Å². The Morgan fingerprint density at radius 3 is 2.60 bits per heavy atom. The molecule has 1 aromatic rings. The molecule has 1 aromatic carbocycles. The molecule has 3 heteroatoms. The molecule has 0 saturated heterocycles. The van der Waals surface area contributed by atoms with E-state index >= 15 is 0 Å². The molecular formula is C12H15FO2. The summed E-state index contributed by atoms with van der Waals surface area (Å²) < 4.78 is 18.7. The van der Waals surface area contributed by atoms with E-state index in [2.05, 4.69) is 0 Å². The van der Waals surface area contributed by atoms with Gasteiger partial charge in [-0.2, -0.15) is 0 Å². The van der Waals surface area contributed by atoms with Crippen molar-refractivity contribution in [3.05, 3.63) is 29.1 Å². The Hall–Kier alpha value is -1.09. The van der Waals surface area contributed by atoms with E-state index in [-0.39, 0.29) is 17.8 Å². The van der Waals surface area contributed by atoms with Gasteiger partial charge in [0.05, 0.1) is 13.7 Å². The van der Waals surface area contributed by atoms with Crippen molar-refractivity contribution in [2.45, 2.75) is 25.2 Å². The first-order valence-corrected chi connectivity index (χ1v) is 5.08. The Kier molecular flexibility index (Phi) is 2.43. The van der Waals surface area contributed by atoms with E-state index < -0.39 is 0 Å². The summed E-state index contributed by atoms with van der Waals surface area (Å²) in [7, 11) is 1.57. The highest BCUT2D eigenvalue weighted by atomic mass is 19.1. The highest BCUT2D eigenvalue weighted by Crippen LogP contribution is 2.51. The maximum absolute atomic E-state index is 13.5. The minimum atomic E-state index is -0.250. The standard InChI is InChI=1S/C12H15FO2/c1-8-5-11(15-2)9(6-10(8)13)12(7-14)3-4-12/h5-6,14H,3-4,7H2,1-2H3. The average Bonchev–Trinajstić information content (AvgIpc) is 3.02. The Labute approximate surface area is 88.7 Å². The quantitative estimate of drug-likeness (QED) is 0.828. The van der Waals surface area contributed by atoms with Gasteiger partial charge in [-0.25, -0.2) is 4.39 Å². The van der Waals surface area contributed by atoms with Gasteiger partial charge in [-0.05, 0) is 37.5 Å². The van der Waals surface area contributed by atoms with Crippen molar-refractivity contribution < 1.29 is 14.2 Å². The molecule has 1 fully saturated rings. The molecule has 0 atom stereocenters. The highest BCUT2D eigenvalue weighted by molar-refractivity contribution is 5.46. The van der Waals surface area contributed by atoms with Gasteiger partial charge in [-0.15, -0.1) is 0 Å². The van der Waals surface area contributed by atoms with E-state index in [0.29, 0.717) is 11.3 Å². The lowest BCUT2D eigenvalue weighted by Gasteiger charge is -2.17. The van der Waals surface area contributed by atoms with Crippen LogP contribution >= 0.6 is 0 Å². The van der Waals surface area contributed by atoms with Gasteiger partial charge in [0.1, 0.15) is 11.6 Å². The van der Waals surface area contributed by atoms with Crippen LogP contribution in [0.25, 0.3) is 0 Å². The van der Waals surface area contributed by atoms with Crippen LogP contribution in [-0.4, -0.2) is 18.8 Å². The van der Waals surface area contributed by atoms with Crippen molar-refractivity contribution in [1.29, 1.82) is 0 Å². The lowest BCUT2D eigenvalue weighted by molar-refractivity contribution is 0.251. The highest BCUT2D eigenvalue weighted by Gasteiger charge is 2.45. The van der Waals surface area contributed by atoms with E-state index in [9.17, 15) is 9.50 Å². The van der Waals surface area contributed by atoms with Crippen molar-refractivity contribution in [3.8, 4) is 5.75 Å². The third-order valence-corrected chi connectivity index (χ3v) is 3.21. The summed E-state index contributed by atoms with van der Waals surface area (Å²) in [5, 5.41) is 9.31. The fraction of sp³-hybridized carbons (Fsp3) is 0.500. The van der Waals surface area contributed by atoms with Crippen molar-refractivity contribution >= 4 is 0 Å². The van der Waals surface area contributed by atoms with Crippen LogP contribution in [0.3, 0.4) is 0 Å². The van der Waals surface area contributed by atoms with Crippen LogP contribution in [0.2, 0.25) is 0 Å². The number of aliphatic hydroxyl groups excluding tert-OH is 1. The Morgan fingerprint density at radius 2 is 2.13 bits per heavy atom. The Bertz CT molecular complexity index is 383. The van der Waals surface area contributed by atoms with Gasteiger partial charge in [0.25, 0.3) is 0 Å². The normalized spacial score (nSPS) is 17.6. The topological polar surface area (TPSA) is 29.5 Å². The molecule has 0 heterocycles. The summed E-state index contributed by atoms with van der Waals surface area (Å²) in [6.07, 6.45) is 1.81. The second kappa shape index (κ2) is 3.49. The summed E-state index contributed by atoms with van der Waals surface area (Å²) in [5.74, 6) is 0.450. The number of rotatable bonds is 3. The van der Waals surface area contributed by atoms with E-state index in [4.69, 9.17) is 4.74 Å². The molecule has 2 rings (SSSR count). The zero-order valence-electron chi connectivity index (χ0n) is 9.01. The molecule has 1 aliphatic carbocycles. The SMILES string of the molecule is COc1cc(C)c(F)cc1C1(CO)CC1. The zero-order chi connectivity index (χ0) is 11.1. The van der Waals surface area contributed by atoms with Crippen LogP contribution in [0.15, 0.2) is 12.1 Å². The molecule has 0 aromatic heterocycles. The number of halogens is 1. The summed E-state index contributed by atoms with van der Waals surface area (Å²) in [4.78, 5) is 0. The number of methoxy groups -OCH3 is 1. The molecule has 0 spiro atoms. The van der Waals surface area contributed by atoms with Gasteiger partial charge >= 0.3 is 0 Å². The van der Waals surface area contributed by atoms with E-state index in [1.165, 1.54) is 6.07 Å². The predicted molar refractivity (Wildman–Crippen MR) is 55.7 cm³/mol. The summed E-state index contributed by atoms with van der Waals surface area (Å²) in [6, 6.07) is 3.19. The molecule has 0 radical (unpaired) electrons. The van der Waals surface area contributed by atoms with Gasteiger partial charge in [0.2, 0.25) is 0 Å². The molecule has 1 N–H and O–H groups in total. The summed E-state index contributed by atoms with van der Waals surface area (Å²) >= 11 is 0. The van der Waals surface area contributed by atoms with Crippen LogP contribution < -0.4 is 4.74 Å². The van der Waals surface area contributed by atoms with Crippen molar-refractivity contribution in [2.75, 3.05) is 13.7 Å². The number of benzene rings is 1. The largest absolute Gasteiger partial charge is 0.496 e. The van der Waals surface area contributed by atoms with Crippen LogP contribution in [0.4, 0.5) is 4.39 Å². The molecule has 2 nitrogen and oxygen atoms in total. The van der Waals surface area contributed by atoms with Crippen molar-refractivity contribution in [1.82, 2.24) is 0 Å². The summed E-state index contributed by atoms with van der Waals surface area (Å²) in [6.45, 7) is 1.77. The third-order valence-electron chi connectivity index (χ3n) is 3.21. The first-order chi connectivity index (χ1) is 7.13. The minimum Gasteiger partial charge on any atom is -0.496 e. The fourth-order valence-electron chi connectivity index (χ4n) is 1.90. The third kappa shape index (κ3) is 1.61. The van der Waals surface area contributed by atoms with Crippen LogP contribution in [0.5, 0.6) is 5.75 Å². The molecule has 15 heavy (non-hydrogen) atoms. The molecule has 0 amide bonds. The number of hydrogen-bond donors (Lipinski definition) is 1. The average molecular weight is 210 g/mol. The lowest BCUT2D eigenvalue weighted by atomic mass is 9.94. The van der Waals surface area contributed by atoms with Gasteiger partial charge in [-0.3, -0.25) is 0 Å². The molecule has 0 aliphatic heterocycles. The molecule has 82 valence electrons. The number of aryl methyl sites for hydroxylation is 1. The van der Waals surface area contributed by atoms with Gasteiger partial charge in [0, 0.05) is 11.0 Å². The van der Waals surface area contributed by atoms with Gasteiger partial charge < -0.3 is 9.84 Å². The predicted octanol–water partition coefficient (Wildman–Crippen LogP) is 2.17. The maximum Gasteiger partial charge on any atom is 0.126 e. The molecular weight excluding hydrogens is 195 g/mol. The molecule has 1 saturated carbocycles. The zero-order valence-corrected chi connectivity index (χ0v) is 9.01. The Morgan fingerprint density at radius 1 is 1.47 bits per heavy atom. The molecule has 1 aliphatic rings. The van der Waals surface area contributed by atoms with E-state index in [1.54, 1.807) is 20.1 Å². The van der Waals surface area contributed by atoms with Gasteiger partial charge in [-0.1, -0.05) is 0 Å². The van der Waals surface area contributed by atoms with Crippen molar-refractivity contribution in [3.63, 3.8) is 0 Å². The monoisotopic (exact) mass is 210 g/mol. The second-order valence-electron chi connectivity index (χ2n) is 4.24. The molecule has 0 unspecified atom stereocenters. The van der Waals surface area contributed by atoms with Crippen LogP contribution in [-0.2, 0) is 5.41 Å². The van der Waals surface area contributed by atoms with Crippen molar-refractivity contribution in [2.24, 2.45) is 0 Å². The number of hydrogen-bond acceptors (Lipinski definition) is 2. The number of ether oxygens (including phenoxy) is 1.